The number of rotatable bonds is 2. The van der Waals surface area contributed by atoms with Gasteiger partial charge < -0.3 is 5.73 Å². The van der Waals surface area contributed by atoms with Crippen molar-refractivity contribution in [3.05, 3.63) is 77.5 Å². The highest BCUT2D eigenvalue weighted by molar-refractivity contribution is 5.69. The van der Waals surface area contributed by atoms with Crippen molar-refractivity contribution < 1.29 is 0 Å². The van der Waals surface area contributed by atoms with E-state index in [-0.39, 0.29) is 0 Å². The summed E-state index contributed by atoms with van der Waals surface area (Å²) < 4.78 is 0. The predicted molar refractivity (Wildman–Crippen MR) is 78.8 cm³/mol. The second-order valence-corrected chi connectivity index (χ2v) is 4.53. The molecule has 0 amide bonds. The molecule has 0 fully saturated rings. The van der Waals surface area contributed by atoms with Gasteiger partial charge in [0.05, 0.1) is 0 Å². The van der Waals surface area contributed by atoms with Crippen molar-refractivity contribution >= 4 is 5.57 Å². The van der Waals surface area contributed by atoms with Crippen LogP contribution in [0.3, 0.4) is 0 Å². The molecule has 1 nitrogen and oxygen atoms in total. The Morgan fingerprint density at radius 2 is 1.94 bits per heavy atom. The molecule has 1 aromatic rings. The molecule has 1 heteroatoms. The first-order chi connectivity index (χ1) is 8.72. The maximum Gasteiger partial charge on any atom is 0.0414 e. The Balaban J connectivity index is 2.43. The first kappa shape index (κ1) is 12.4. The molecule has 0 aromatic heterocycles. The highest BCUT2D eigenvalue weighted by atomic mass is 14.6. The SMILES string of the molecule is C=CC1=C/CC/C(c2ccccc2)=C/C(C)=C\1N. The number of hydrogen-bond donors (Lipinski definition) is 1. The Labute approximate surface area is 109 Å². The molecule has 0 radical (unpaired) electrons. The zero-order chi connectivity index (χ0) is 13.0. The van der Waals surface area contributed by atoms with E-state index >= 15 is 0 Å². The molecule has 0 saturated heterocycles. The van der Waals surface area contributed by atoms with Gasteiger partial charge in [0, 0.05) is 5.70 Å². The van der Waals surface area contributed by atoms with E-state index in [1.165, 1.54) is 11.1 Å². The van der Waals surface area contributed by atoms with E-state index in [1.54, 1.807) is 0 Å². The summed E-state index contributed by atoms with van der Waals surface area (Å²) in [6.45, 7) is 5.87. The average molecular weight is 237 g/mol. The third-order valence-corrected chi connectivity index (χ3v) is 3.27. The second kappa shape index (κ2) is 5.54. The van der Waals surface area contributed by atoms with Crippen LogP contribution in [0.1, 0.15) is 25.3 Å². The molecule has 0 saturated carbocycles. The fourth-order valence-corrected chi connectivity index (χ4v) is 2.21. The van der Waals surface area contributed by atoms with Crippen LogP contribution in [0.15, 0.2) is 72.0 Å². The van der Waals surface area contributed by atoms with Gasteiger partial charge in [-0.2, -0.15) is 0 Å². The van der Waals surface area contributed by atoms with Crippen molar-refractivity contribution in [1.82, 2.24) is 0 Å². The number of benzene rings is 1. The van der Waals surface area contributed by atoms with Crippen LogP contribution in [0.25, 0.3) is 5.57 Å². The van der Waals surface area contributed by atoms with Crippen LogP contribution in [0.4, 0.5) is 0 Å². The summed E-state index contributed by atoms with van der Waals surface area (Å²) in [5.41, 5.74) is 11.8. The Bertz CT molecular complexity index is 530. The quantitative estimate of drug-likeness (QED) is 0.819. The van der Waals surface area contributed by atoms with Crippen LogP contribution in [-0.4, -0.2) is 0 Å². The average Bonchev–Trinajstić information content (AvgIpc) is 2.41. The molecule has 0 aliphatic heterocycles. The molecule has 0 atom stereocenters. The van der Waals surface area contributed by atoms with Gasteiger partial charge in [-0.05, 0) is 42.0 Å². The molecular weight excluding hydrogens is 218 g/mol. The van der Waals surface area contributed by atoms with Gasteiger partial charge in [0.2, 0.25) is 0 Å². The van der Waals surface area contributed by atoms with Gasteiger partial charge in [-0.3, -0.25) is 0 Å². The van der Waals surface area contributed by atoms with Crippen molar-refractivity contribution in [2.45, 2.75) is 19.8 Å². The summed E-state index contributed by atoms with van der Waals surface area (Å²) in [6.07, 6.45) is 8.23. The largest absolute Gasteiger partial charge is 0.398 e. The predicted octanol–water partition coefficient (Wildman–Crippen LogP) is 4.21. The Hall–Kier alpha value is -2.02. The molecular formula is C17H19N. The normalized spacial score (nSPS) is 26.3. The minimum absolute atomic E-state index is 0.832. The molecule has 0 unspecified atom stereocenters. The lowest BCUT2D eigenvalue weighted by molar-refractivity contribution is 1.04. The fourth-order valence-electron chi connectivity index (χ4n) is 2.21. The maximum absolute atomic E-state index is 6.14. The molecule has 0 bridgehead atoms. The maximum atomic E-state index is 6.14. The Kier molecular flexibility index (Phi) is 3.83. The van der Waals surface area contributed by atoms with Crippen LogP contribution in [-0.2, 0) is 0 Å². The Morgan fingerprint density at radius 1 is 1.22 bits per heavy atom. The van der Waals surface area contributed by atoms with Gasteiger partial charge in [-0.1, -0.05) is 55.1 Å². The van der Waals surface area contributed by atoms with E-state index in [4.69, 9.17) is 5.73 Å². The molecule has 1 aliphatic carbocycles. The van der Waals surface area contributed by atoms with Crippen molar-refractivity contribution in [3.8, 4) is 0 Å². The first-order valence-corrected chi connectivity index (χ1v) is 6.27. The summed E-state index contributed by atoms with van der Waals surface area (Å²) in [5.74, 6) is 0. The number of nitrogens with two attached hydrogens (primary N) is 1. The van der Waals surface area contributed by atoms with Gasteiger partial charge in [-0.25, -0.2) is 0 Å². The Morgan fingerprint density at radius 3 is 2.61 bits per heavy atom. The lowest BCUT2D eigenvalue weighted by Crippen LogP contribution is -2.04. The molecule has 92 valence electrons. The first-order valence-electron chi connectivity index (χ1n) is 6.27. The van der Waals surface area contributed by atoms with Gasteiger partial charge >= 0.3 is 0 Å². The summed E-state index contributed by atoms with van der Waals surface area (Å²) >= 11 is 0. The highest BCUT2D eigenvalue weighted by Gasteiger charge is 2.07. The van der Waals surface area contributed by atoms with E-state index < -0.39 is 0 Å². The van der Waals surface area contributed by atoms with E-state index in [9.17, 15) is 0 Å². The summed E-state index contributed by atoms with van der Waals surface area (Å²) in [6, 6.07) is 10.5. The lowest BCUT2D eigenvalue weighted by atomic mass is 9.94. The van der Waals surface area contributed by atoms with Gasteiger partial charge in [-0.15, -0.1) is 0 Å². The second-order valence-electron chi connectivity index (χ2n) is 4.53. The third-order valence-electron chi connectivity index (χ3n) is 3.27. The standard InChI is InChI=1S/C17H19N/c1-3-14-10-7-11-16(12-13(2)17(14)18)15-8-5-4-6-9-15/h3-6,8-10,12H,1,7,11,18H2,2H3/b14-10-,16-12-,17-13+. The lowest BCUT2D eigenvalue weighted by Gasteiger charge is -2.13. The van der Waals surface area contributed by atoms with Crippen LogP contribution >= 0.6 is 0 Å². The van der Waals surface area contributed by atoms with E-state index in [0.717, 1.165) is 29.7 Å². The molecule has 2 N–H and O–H groups in total. The van der Waals surface area contributed by atoms with E-state index in [0.29, 0.717) is 0 Å². The monoisotopic (exact) mass is 237 g/mol. The number of hydrogen-bond acceptors (Lipinski definition) is 1. The fraction of sp³-hybridized carbons (Fsp3) is 0.176. The van der Waals surface area contributed by atoms with Crippen molar-refractivity contribution in [1.29, 1.82) is 0 Å². The summed E-state index contributed by atoms with van der Waals surface area (Å²) in [5, 5.41) is 0. The molecule has 1 aliphatic rings. The van der Waals surface area contributed by atoms with Gasteiger partial charge in [0.1, 0.15) is 0 Å². The summed E-state index contributed by atoms with van der Waals surface area (Å²) in [4.78, 5) is 0. The number of allylic oxidation sites excluding steroid dienone is 5. The molecule has 18 heavy (non-hydrogen) atoms. The topological polar surface area (TPSA) is 26.0 Å². The molecule has 0 heterocycles. The highest BCUT2D eigenvalue weighted by Crippen LogP contribution is 2.26. The smallest absolute Gasteiger partial charge is 0.0414 e. The molecule has 0 spiro atoms. The van der Waals surface area contributed by atoms with E-state index in [2.05, 4.69) is 49.9 Å². The zero-order valence-electron chi connectivity index (χ0n) is 10.8. The summed E-state index contributed by atoms with van der Waals surface area (Å²) in [7, 11) is 0. The van der Waals surface area contributed by atoms with Crippen molar-refractivity contribution in [2.24, 2.45) is 5.73 Å². The van der Waals surface area contributed by atoms with Gasteiger partial charge in [0.25, 0.3) is 0 Å². The van der Waals surface area contributed by atoms with Crippen molar-refractivity contribution in [2.75, 3.05) is 0 Å². The van der Waals surface area contributed by atoms with Crippen LogP contribution < -0.4 is 5.73 Å². The molecule has 2 rings (SSSR count). The third kappa shape index (κ3) is 2.62. The molecule has 1 aromatic carbocycles. The zero-order valence-corrected chi connectivity index (χ0v) is 10.8. The van der Waals surface area contributed by atoms with Crippen LogP contribution in [0.5, 0.6) is 0 Å². The van der Waals surface area contributed by atoms with Crippen LogP contribution in [0, 0.1) is 0 Å². The van der Waals surface area contributed by atoms with Gasteiger partial charge in [0.15, 0.2) is 0 Å². The van der Waals surface area contributed by atoms with Crippen molar-refractivity contribution in [3.63, 3.8) is 0 Å². The minimum Gasteiger partial charge on any atom is -0.398 e. The minimum atomic E-state index is 0.832. The van der Waals surface area contributed by atoms with E-state index in [1.807, 2.05) is 12.1 Å². The van der Waals surface area contributed by atoms with Crippen LogP contribution in [0.2, 0.25) is 0 Å².